The van der Waals surface area contributed by atoms with E-state index >= 15 is 0 Å². The van der Waals surface area contributed by atoms with Crippen LogP contribution in [0, 0.1) is 5.92 Å². The number of fused-ring (bicyclic) bond motifs is 1. The van der Waals surface area contributed by atoms with Crippen LogP contribution in [0.3, 0.4) is 0 Å². The zero-order valence-electron chi connectivity index (χ0n) is 14.5. The number of carbonyl (C=O) groups excluding carboxylic acids is 2. The highest BCUT2D eigenvalue weighted by molar-refractivity contribution is 6.31. The van der Waals surface area contributed by atoms with Gasteiger partial charge in [0.1, 0.15) is 5.78 Å². The topological polar surface area (TPSA) is 75.6 Å². The number of Topliss-reactive ketones (excluding diaryl/α,β-unsaturated/α-hetero) is 2. The van der Waals surface area contributed by atoms with Gasteiger partial charge in [0.15, 0.2) is 17.3 Å². The number of ether oxygens (including phenoxy) is 1. The molecular formula is C20H20ClNO4. The molecule has 5 nitrogen and oxygen atoms in total. The van der Waals surface area contributed by atoms with Crippen molar-refractivity contribution in [1.82, 2.24) is 5.32 Å². The molecule has 3 aliphatic rings. The average molecular weight is 374 g/mol. The number of aromatic hydroxyl groups is 1. The molecule has 0 bridgehead atoms. The molecule has 0 amide bonds. The second kappa shape index (κ2) is 6.47. The van der Waals surface area contributed by atoms with Crippen molar-refractivity contribution in [3.8, 4) is 11.5 Å². The number of benzene rings is 1. The average Bonchev–Trinajstić information content (AvgIpc) is 2.61. The summed E-state index contributed by atoms with van der Waals surface area (Å²) in [5.74, 6) is -0.513. The van der Waals surface area contributed by atoms with Crippen molar-refractivity contribution in [2.24, 2.45) is 5.92 Å². The molecule has 0 radical (unpaired) electrons. The molecule has 0 saturated carbocycles. The molecule has 1 heterocycles. The fraction of sp³-hybridized carbons (Fsp3) is 0.400. The number of phenols is 1. The van der Waals surface area contributed by atoms with Gasteiger partial charge in [-0.1, -0.05) is 17.7 Å². The number of halogens is 1. The van der Waals surface area contributed by atoms with Crippen LogP contribution in [-0.4, -0.2) is 23.8 Å². The summed E-state index contributed by atoms with van der Waals surface area (Å²) in [6.07, 6.45) is 5.26. The van der Waals surface area contributed by atoms with Gasteiger partial charge < -0.3 is 15.2 Å². The van der Waals surface area contributed by atoms with Gasteiger partial charge in [-0.2, -0.15) is 0 Å². The minimum Gasteiger partial charge on any atom is -0.504 e. The molecule has 2 aliphatic carbocycles. The number of phenolic OH excluding ortho intramolecular Hbond substituents is 1. The van der Waals surface area contributed by atoms with E-state index in [0.717, 1.165) is 24.2 Å². The molecule has 1 aromatic rings. The summed E-state index contributed by atoms with van der Waals surface area (Å²) in [7, 11) is 1.46. The third-order valence-corrected chi connectivity index (χ3v) is 5.79. The summed E-state index contributed by atoms with van der Waals surface area (Å²) >= 11 is 6.45. The lowest BCUT2D eigenvalue weighted by Crippen LogP contribution is -2.42. The number of hydrogen-bond donors (Lipinski definition) is 2. The second-order valence-electron chi connectivity index (χ2n) is 6.96. The normalized spacial score (nSPS) is 25.2. The Morgan fingerprint density at radius 2 is 2.00 bits per heavy atom. The zero-order chi connectivity index (χ0) is 18.4. The van der Waals surface area contributed by atoms with Gasteiger partial charge in [-0.25, -0.2) is 0 Å². The van der Waals surface area contributed by atoms with Gasteiger partial charge in [-0.3, -0.25) is 9.59 Å². The van der Waals surface area contributed by atoms with Gasteiger partial charge in [0.05, 0.1) is 13.0 Å². The number of ketones is 2. The summed E-state index contributed by atoms with van der Waals surface area (Å²) < 4.78 is 5.23. The maximum atomic E-state index is 12.8. The molecule has 0 fully saturated rings. The largest absolute Gasteiger partial charge is 0.504 e. The third kappa shape index (κ3) is 2.62. The number of rotatable bonds is 2. The Kier molecular flexibility index (Phi) is 4.27. The van der Waals surface area contributed by atoms with Crippen molar-refractivity contribution in [3.05, 3.63) is 45.8 Å². The maximum Gasteiger partial charge on any atom is 0.161 e. The monoisotopic (exact) mass is 373 g/mol. The van der Waals surface area contributed by atoms with Crippen LogP contribution in [-0.2, 0) is 9.59 Å². The lowest BCUT2D eigenvalue weighted by Gasteiger charge is -2.40. The fourth-order valence-corrected chi connectivity index (χ4v) is 4.59. The van der Waals surface area contributed by atoms with Crippen molar-refractivity contribution < 1.29 is 19.4 Å². The standard InChI is InChI=1S/C20H20ClNO4/c1-26-17-8-10(11(21)9-16(17)25)18-19-12(4-2-6-14(19)23)22-13-5-3-7-15(24)20(13)18/h4,8-9,18-19,22,25H,2-3,5-7H2,1H3. The molecule has 26 heavy (non-hydrogen) atoms. The number of methoxy groups -OCH3 is 1. The van der Waals surface area contributed by atoms with E-state index in [9.17, 15) is 14.7 Å². The van der Waals surface area contributed by atoms with Crippen LogP contribution in [0.15, 0.2) is 35.2 Å². The van der Waals surface area contributed by atoms with E-state index in [-0.39, 0.29) is 23.1 Å². The summed E-state index contributed by atoms with van der Waals surface area (Å²) in [5.41, 5.74) is 3.06. The molecule has 4 rings (SSSR count). The van der Waals surface area contributed by atoms with Crippen molar-refractivity contribution in [3.63, 3.8) is 0 Å². The van der Waals surface area contributed by atoms with E-state index in [4.69, 9.17) is 16.3 Å². The van der Waals surface area contributed by atoms with E-state index in [1.165, 1.54) is 13.2 Å². The van der Waals surface area contributed by atoms with Crippen molar-refractivity contribution in [1.29, 1.82) is 0 Å². The number of hydrogen-bond acceptors (Lipinski definition) is 5. The van der Waals surface area contributed by atoms with Gasteiger partial charge in [-0.05, 0) is 30.9 Å². The Labute approximate surface area is 156 Å². The first-order valence-corrected chi connectivity index (χ1v) is 9.21. The Bertz CT molecular complexity index is 871. The van der Waals surface area contributed by atoms with Gasteiger partial charge in [0.2, 0.25) is 0 Å². The molecule has 2 atom stereocenters. The minimum atomic E-state index is -0.448. The molecule has 0 spiro atoms. The van der Waals surface area contributed by atoms with Crippen LogP contribution in [0.5, 0.6) is 11.5 Å². The first-order valence-electron chi connectivity index (χ1n) is 8.83. The quantitative estimate of drug-likeness (QED) is 0.828. The predicted molar refractivity (Wildman–Crippen MR) is 97.2 cm³/mol. The summed E-state index contributed by atoms with van der Waals surface area (Å²) in [6.45, 7) is 0. The molecule has 1 aromatic carbocycles. The highest BCUT2D eigenvalue weighted by Crippen LogP contribution is 2.49. The Balaban J connectivity index is 1.95. The van der Waals surface area contributed by atoms with Crippen LogP contribution in [0.1, 0.15) is 43.6 Å². The predicted octanol–water partition coefficient (Wildman–Crippen LogP) is 3.61. The van der Waals surface area contributed by atoms with Crippen molar-refractivity contribution >= 4 is 23.2 Å². The van der Waals surface area contributed by atoms with Crippen LogP contribution in [0.4, 0.5) is 0 Å². The first-order chi connectivity index (χ1) is 12.5. The lowest BCUT2D eigenvalue weighted by molar-refractivity contribution is -0.123. The highest BCUT2D eigenvalue weighted by atomic mass is 35.5. The molecule has 6 heteroatoms. The van der Waals surface area contributed by atoms with Crippen LogP contribution >= 0.6 is 11.6 Å². The SMILES string of the molecule is COc1cc(C2C3=C(CCCC3=O)NC3=CCCC(=O)C32)c(Cl)cc1O. The Morgan fingerprint density at radius 1 is 1.19 bits per heavy atom. The summed E-state index contributed by atoms with van der Waals surface area (Å²) in [4.78, 5) is 25.6. The van der Waals surface area contributed by atoms with Crippen molar-refractivity contribution in [2.75, 3.05) is 7.11 Å². The second-order valence-corrected chi connectivity index (χ2v) is 7.37. The third-order valence-electron chi connectivity index (χ3n) is 5.47. The lowest BCUT2D eigenvalue weighted by atomic mass is 9.68. The van der Waals surface area contributed by atoms with Crippen LogP contribution in [0.25, 0.3) is 0 Å². The molecule has 2 N–H and O–H groups in total. The van der Waals surface area contributed by atoms with E-state index < -0.39 is 11.8 Å². The van der Waals surface area contributed by atoms with Crippen LogP contribution < -0.4 is 10.1 Å². The van der Waals surface area contributed by atoms with E-state index in [1.54, 1.807) is 6.07 Å². The van der Waals surface area contributed by atoms with E-state index in [2.05, 4.69) is 5.32 Å². The van der Waals surface area contributed by atoms with Gasteiger partial charge in [0.25, 0.3) is 0 Å². The highest BCUT2D eigenvalue weighted by Gasteiger charge is 2.45. The number of allylic oxidation sites excluding steroid dienone is 4. The molecule has 2 unspecified atom stereocenters. The van der Waals surface area contributed by atoms with E-state index in [0.29, 0.717) is 35.4 Å². The molecule has 0 aromatic heterocycles. The fourth-order valence-electron chi connectivity index (χ4n) is 4.31. The van der Waals surface area contributed by atoms with Crippen LogP contribution in [0.2, 0.25) is 5.02 Å². The first kappa shape index (κ1) is 17.2. The van der Waals surface area contributed by atoms with Gasteiger partial charge in [0, 0.05) is 46.8 Å². The minimum absolute atomic E-state index is 0.0595. The molecule has 0 saturated heterocycles. The molecule has 1 aliphatic heterocycles. The molecular weight excluding hydrogens is 354 g/mol. The number of carbonyl (C=O) groups is 2. The maximum absolute atomic E-state index is 12.8. The smallest absolute Gasteiger partial charge is 0.161 e. The summed E-state index contributed by atoms with van der Waals surface area (Å²) in [6, 6.07) is 3.07. The van der Waals surface area contributed by atoms with E-state index in [1.807, 2.05) is 6.08 Å². The Hall–Kier alpha value is -2.27. The molecule has 136 valence electrons. The van der Waals surface area contributed by atoms with Gasteiger partial charge in [-0.15, -0.1) is 0 Å². The summed E-state index contributed by atoms with van der Waals surface area (Å²) in [5, 5.41) is 13.7. The zero-order valence-corrected chi connectivity index (χ0v) is 15.2. The van der Waals surface area contributed by atoms with Gasteiger partial charge >= 0.3 is 0 Å². The Morgan fingerprint density at radius 3 is 2.77 bits per heavy atom. The van der Waals surface area contributed by atoms with Crippen molar-refractivity contribution in [2.45, 2.75) is 38.0 Å². The number of nitrogens with one attached hydrogen (secondary N) is 1.